The smallest absolute Gasteiger partial charge is 0.462 e. The van der Waals surface area contributed by atoms with Gasteiger partial charge < -0.3 is 33.8 Å². The van der Waals surface area contributed by atoms with Crippen molar-refractivity contribution in [2.45, 2.75) is 290 Å². The van der Waals surface area contributed by atoms with Crippen molar-refractivity contribution in [3.63, 3.8) is 0 Å². The van der Waals surface area contributed by atoms with E-state index in [1.54, 1.807) is 6.08 Å². The number of phosphoric ester groups is 2. The summed E-state index contributed by atoms with van der Waals surface area (Å²) in [5, 5.41) is 10.6. The number of hydrogen-bond acceptors (Lipinski definition) is 15. The van der Waals surface area contributed by atoms with Crippen LogP contribution in [0.25, 0.3) is 0 Å². The van der Waals surface area contributed by atoms with Crippen molar-refractivity contribution in [1.82, 2.24) is 0 Å². The van der Waals surface area contributed by atoms with E-state index >= 15 is 0 Å². The highest BCUT2D eigenvalue weighted by molar-refractivity contribution is 7.47. The Bertz CT molecular complexity index is 2600. The van der Waals surface area contributed by atoms with Gasteiger partial charge in [-0.2, -0.15) is 0 Å². The van der Waals surface area contributed by atoms with Gasteiger partial charge in [-0.05, 0) is 148 Å². The third-order valence-electron chi connectivity index (χ3n) is 15.2. The molecule has 102 heavy (non-hydrogen) atoms. The summed E-state index contributed by atoms with van der Waals surface area (Å²) in [6.07, 6.45) is 86.6. The first-order valence-corrected chi connectivity index (χ1v) is 41.4. The zero-order valence-electron chi connectivity index (χ0n) is 63.0. The molecule has 5 unspecified atom stereocenters. The molecule has 0 radical (unpaired) electrons. The van der Waals surface area contributed by atoms with Crippen molar-refractivity contribution in [3.8, 4) is 0 Å². The maximum Gasteiger partial charge on any atom is 0.472 e. The zero-order chi connectivity index (χ0) is 74.6. The fraction of sp³-hybridized carbons (Fsp3) is 0.614. The minimum atomic E-state index is -5.01. The molecule has 17 nitrogen and oxygen atoms in total. The predicted octanol–water partition coefficient (Wildman–Crippen LogP) is 22.2. The Kier molecular flexibility index (Phi) is 69.7. The Morgan fingerprint density at radius 3 is 0.873 bits per heavy atom. The average molecular weight is 1470 g/mol. The van der Waals surface area contributed by atoms with Gasteiger partial charge >= 0.3 is 39.5 Å². The minimum absolute atomic E-state index is 0.0530. The molecule has 0 aromatic rings. The second kappa shape index (κ2) is 73.7. The molecule has 19 heteroatoms. The molecule has 0 fully saturated rings. The number of ether oxygens (including phenoxy) is 4. The largest absolute Gasteiger partial charge is 0.472 e. The van der Waals surface area contributed by atoms with Gasteiger partial charge in [0.2, 0.25) is 0 Å². The molecule has 0 aromatic heterocycles. The number of carbonyl (C=O) groups excluding carboxylic acids is 4. The van der Waals surface area contributed by atoms with Crippen LogP contribution in [-0.2, 0) is 65.4 Å². The number of phosphoric acid groups is 2. The summed E-state index contributed by atoms with van der Waals surface area (Å²) in [6.45, 7) is 4.27. The van der Waals surface area contributed by atoms with Gasteiger partial charge in [0.1, 0.15) is 19.3 Å². The lowest BCUT2D eigenvalue weighted by Crippen LogP contribution is -2.30. The molecule has 0 amide bonds. The summed E-state index contributed by atoms with van der Waals surface area (Å²) in [5.74, 6) is -2.39. The van der Waals surface area contributed by atoms with Crippen LogP contribution in [0.1, 0.15) is 272 Å². The SMILES string of the molecule is CC/C=C\C/C=C\C/C=C\C/C=C\C/C=C\CC(=O)OCC(COP(=O)(O)OCC(O)COP(=O)(O)OCC(COC(=O)CCCCCC/C=C\C/C=C\C/C=C\C/C=C\CC)OC(=O)CCCCCCCCC/C=C\C/C=C\C/C=C\CC)OC(=O)CCCCCCC/C=C\C/C=C\CCC. The van der Waals surface area contributed by atoms with Crippen LogP contribution < -0.4 is 0 Å². The van der Waals surface area contributed by atoms with Crippen LogP contribution in [0.5, 0.6) is 0 Å². The van der Waals surface area contributed by atoms with Crippen LogP contribution in [0.3, 0.4) is 0 Å². The molecule has 0 saturated heterocycles. The number of carbonyl (C=O) groups is 4. The highest BCUT2D eigenvalue weighted by Gasteiger charge is 2.30. The van der Waals surface area contributed by atoms with E-state index in [-0.39, 0.29) is 25.7 Å². The second-order valence-corrected chi connectivity index (χ2v) is 27.7. The van der Waals surface area contributed by atoms with E-state index in [1.165, 1.54) is 0 Å². The minimum Gasteiger partial charge on any atom is -0.462 e. The van der Waals surface area contributed by atoms with Gasteiger partial charge in [-0.1, -0.05) is 268 Å². The third kappa shape index (κ3) is 72.8. The second-order valence-electron chi connectivity index (χ2n) is 24.8. The topological polar surface area (TPSA) is 237 Å². The van der Waals surface area contributed by atoms with Crippen molar-refractivity contribution in [1.29, 1.82) is 0 Å². The third-order valence-corrected chi connectivity index (χ3v) is 17.1. The maximum atomic E-state index is 13.1. The van der Waals surface area contributed by atoms with E-state index in [0.717, 1.165) is 193 Å². The van der Waals surface area contributed by atoms with Gasteiger partial charge in [0.05, 0.1) is 32.8 Å². The maximum absolute atomic E-state index is 13.1. The van der Waals surface area contributed by atoms with E-state index in [9.17, 15) is 43.2 Å². The van der Waals surface area contributed by atoms with Gasteiger partial charge in [-0.15, -0.1) is 0 Å². The number of aliphatic hydroxyl groups excluding tert-OH is 1. The Morgan fingerprint density at radius 1 is 0.294 bits per heavy atom. The molecule has 0 aliphatic heterocycles. The number of aliphatic hydroxyl groups is 1. The molecule has 0 rings (SSSR count). The van der Waals surface area contributed by atoms with Crippen LogP contribution >= 0.6 is 15.6 Å². The van der Waals surface area contributed by atoms with Gasteiger partial charge in [0.15, 0.2) is 12.2 Å². The van der Waals surface area contributed by atoms with Gasteiger partial charge in [0, 0.05) is 19.3 Å². The summed E-state index contributed by atoms with van der Waals surface area (Å²) < 4.78 is 68.3. The zero-order valence-corrected chi connectivity index (χ0v) is 64.8. The molecule has 0 bridgehead atoms. The van der Waals surface area contributed by atoms with E-state index in [1.807, 2.05) is 18.2 Å². The highest BCUT2D eigenvalue weighted by atomic mass is 31.2. The first kappa shape index (κ1) is 96.4. The predicted molar refractivity (Wildman–Crippen MR) is 417 cm³/mol. The lowest BCUT2D eigenvalue weighted by Gasteiger charge is -2.21. The van der Waals surface area contributed by atoms with Crippen molar-refractivity contribution in [2.75, 3.05) is 39.6 Å². The molecule has 0 spiro atoms. The summed E-state index contributed by atoms with van der Waals surface area (Å²) in [4.78, 5) is 72.9. The van der Waals surface area contributed by atoms with Gasteiger partial charge in [0.25, 0.3) is 0 Å². The fourth-order valence-electron chi connectivity index (χ4n) is 9.45. The fourth-order valence-corrected chi connectivity index (χ4v) is 11.0. The Balaban J connectivity index is 5.47. The lowest BCUT2D eigenvalue weighted by atomic mass is 10.1. The number of hydrogen-bond donors (Lipinski definition) is 3. The molecule has 0 saturated carbocycles. The van der Waals surface area contributed by atoms with Gasteiger partial charge in [-0.3, -0.25) is 37.3 Å². The van der Waals surface area contributed by atoms with Crippen LogP contribution in [0.4, 0.5) is 0 Å². The molecular weight excluding hydrogens is 1330 g/mol. The molecule has 578 valence electrons. The molecule has 3 N–H and O–H groups in total. The lowest BCUT2D eigenvalue weighted by molar-refractivity contribution is -0.161. The van der Waals surface area contributed by atoms with Gasteiger partial charge in [-0.25, -0.2) is 9.13 Å². The molecule has 0 aliphatic carbocycles. The number of allylic oxidation sites excluding steroid dienone is 27. The van der Waals surface area contributed by atoms with Crippen molar-refractivity contribution in [2.24, 2.45) is 0 Å². The highest BCUT2D eigenvalue weighted by Crippen LogP contribution is 2.45. The molecule has 5 atom stereocenters. The number of rotatable bonds is 70. The van der Waals surface area contributed by atoms with Crippen LogP contribution in [0.2, 0.25) is 0 Å². The Morgan fingerprint density at radius 2 is 0.549 bits per heavy atom. The first-order chi connectivity index (χ1) is 49.7. The Hall–Kier alpha value is -5.58. The van der Waals surface area contributed by atoms with Crippen molar-refractivity contribution >= 4 is 39.5 Å². The summed E-state index contributed by atoms with van der Waals surface area (Å²) in [6, 6.07) is 0. The van der Waals surface area contributed by atoms with E-state index in [4.69, 9.17) is 37.0 Å². The number of esters is 4. The van der Waals surface area contributed by atoms with Crippen molar-refractivity contribution < 1.29 is 80.2 Å². The van der Waals surface area contributed by atoms with Crippen molar-refractivity contribution in [3.05, 3.63) is 170 Å². The van der Waals surface area contributed by atoms with E-state index < -0.39 is 97.5 Å². The first-order valence-electron chi connectivity index (χ1n) is 38.4. The monoisotopic (exact) mass is 1460 g/mol. The standard InChI is InChI=1S/C83H134O17P2/c1-5-9-13-17-21-25-29-33-36-38-41-45-48-52-56-60-64-68-81(86)94-74-79(100-83(88)70-66-62-58-54-50-46-42-39-37-34-30-26-22-18-14-10-6-2)76-98-102(91,92)96-72-77(84)71-95-101(89,90)97-75-78(99-82(87)69-65-61-57-53-49-43-32-28-24-20-16-12-8-4)73-93-80(85)67-63-59-55-51-47-44-40-35-31-27-23-19-15-11-7-3/h9-11,13-16,20-23,25-28,32-37,40-41,45,47,51,59,63,77-79,84H,5-8,12,17-19,24,29-31,38-39,42-44,46,48-50,52-58,60-62,64-76H2,1-4H3,(H,89,90)(H,91,92)/b13-9-,14-10-,15-11-,20-16-,25-21-,26-22-,27-23-,32-28-,36-33-,37-34-,40-35-,45-41-,51-47-,63-59-. The Labute approximate surface area is 616 Å². The summed E-state index contributed by atoms with van der Waals surface area (Å²) in [5.41, 5.74) is 0. The van der Waals surface area contributed by atoms with E-state index in [2.05, 4.69) is 174 Å². The normalized spacial score (nSPS) is 14.9. The molecule has 0 aromatic carbocycles. The molecular formula is C83H134O17P2. The number of unbranched alkanes of at least 4 members (excludes halogenated alkanes) is 17. The van der Waals surface area contributed by atoms with Crippen LogP contribution in [0.15, 0.2) is 170 Å². The average Bonchev–Trinajstić information content (AvgIpc) is 0.908. The van der Waals surface area contributed by atoms with E-state index in [0.29, 0.717) is 25.7 Å². The van der Waals surface area contributed by atoms with Crippen LogP contribution in [0, 0.1) is 0 Å². The quantitative estimate of drug-likeness (QED) is 0.0169. The molecule has 0 heterocycles. The molecule has 0 aliphatic rings. The summed E-state index contributed by atoms with van der Waals surface area (Å²) >= 11 is 0. The summed E-state index contributed by atoms with van der Waals surface area (Å²) in [7, 11) is -10.0. The van der Waals surface area contributed by atoms with Crippen LogP contribution in [-0.4, -0.2) is 96.7 Å².